The topological polar surface area (TPSA) is 62.1 Å². The van der Waals surface area contributed by atoms with Crippen molar-refractivity contribution in [1.29, 1.82) is 0 Å². The van der Waals surface area contributed by atoms with Gasteiger partial charge in [-0.25, -0.2) is 4.98 Å². The van der Waals surface area contributed by atoms with E-state index < -0.39 is 0 Å². The van der Waals surface area contributed by atoms with E-state index in [0.717, 1.165) is 75.6 Å². The number of aryl methyl sites for hydroxylation is 1. The normalized spacial score (nSPS) is 15.1. The van der Waals surface area contributed by atoms with Gasteiger partial charge < -0.3 is 9.47 Å². The Kier molecular flexibility index (Phi) is 6.46. The summed E-state index contributed by atoms with van der Waals surface area (Å²) in [6.45, 7) is 0.606. The van der Waals surface area contributed by atoms with E-state index in [9.17, 15) is 0 Å². The van der Waals surface area contributed by atoms with Crippen LogP contribution in [-0.4, -0.2) is 34.0 Å². The van der Waals surface area contributed by atoms with Gasteiger partial charge in [0.05, 0.1) is 26.3 Å². The zero-order valence-electron chi connectivity index (χ0n) is 23.1. The van der Waals surface area contributed by atoms with E-state index in [0.29, 0.717) is 12.5 Å². The average Bonchev–Trinajstić information content (AvgIpc) is 3.78. The summed E-state index contributed by atoms with van der Waals surface area (Å²) in [4.78, 5) is 10.2. The van der Waals surface area contributed by atoms with Crippen molar-refractivity contribution in [2.75, 3.05) is 14.2 Å². The number of fused-ring (bicyclic) bond motifs is 2. The quantitative estimate of drug-likeness (QED) is 0.223. The third kappa shape index (κ3) is 4.41. The second-order valence-corrected chi connectivity index (χ2v) is 10.8. The molecular formula is C34H33N4O2. The van der Waals surface area contributed by atoms with Crippen LogP contribution in [0, 0.1) is 6.42 Å². The molecule has 0 amide bonds. The highest BCUT2D eigenvalue weighted by atomic mass is 16.5. The smallest absolute Gasteiger partial charge is 0.147 e. The van der Waals surface area contributed by atoms with Gasteiger partial charge >= 0.3 is 0 Å². The van der Waals surface area contributed by atoms with Crippen LogP contribution in [0.3, 0.4) is 0 Å². The summed E-state index contributed by atoms with van der Waals surface area (Å²) < 4.78 is 13.3. The third-order valence-corrected chi connectivity index (χ3v) is 8.45. The monoisotopic (exact) mass is 529 g/mol. The summed E-state index contributed by atoms with van der Waals surface area (Å²) in [6, 6.07) is 21.1. The zero-order chi connectivity index (χ0) is 27.1. The van der Waals surface area contributed by atoms with Gasteiger partial charge in [0.25, 0.3) is 0 Å². The number of hydrogen-bond acceptors (Lipinski definition) is 5. The standard InChI is InChI=1S/C34H33N4O2/c1-39-26-16-13-22(14-17-26)21-38-30-19-31(40-2)33(28-12-6-10-23-9-5-11-27(23)28)36-34(30)32(37-38)25-15-18-29(35-20-25)24-7-3-4-8-24/h3,6,10,12-20,24H,4-5,7-9,11,21H2,1-2H3. The number of benzene rings is 2. The second kappa shape index (κ2) is 10.4. The van der Waals surface area contributed by atoms with Gasteiger partial charge in [0.2, 0.25) is 0 Å². The SMILES string of the molecule is COc1ccc(Cn2nc(-c3ccc(C4C[CH]CC4)nc3)c3nc(-c4cccc5c4CCC5)c(OC)cc32)cc1. The zero-order valence-corrected chi connectivity index (χ0v) is 23.1. The molecule has 40 heavy (non-hydrogen) atoms. The Balaban J connectivity index is 1.38. The molecule has 1 atom stereocenters. The molecule has 0 N–H and O–H groups in total. The third-order valence-electron chi connectivity index (χ3n) is 8.45. The summed E-state index contributed by atoms with van der Waals surface area (Å²) in [6.07, 6.45) is 11.2. The Morgan fingerprint density at radius 3 is 2.60 bits per heavy atom. The molecule has 5 aromatic rings. The Labute approximate surface area is 235 Å². The minimum absolute atomic E-state index is 0.521. The first kappa shape index (κ1) is 24.8. The molecule has 3 aromatic heterocycles. The maximum atomic E-state index is 5.96. The minimum atomic E-state index is 0.521. The van der Waals surface area contributed by atoms with Crippen LogP contribution in [0.4, 0.5) is 0 Å². The number of hydrogen-bond donors (Lipinski definition) is 0. The van der Waals surface area contributed by atoms with E-state index in [1.807, 2.05) is 23.0 Å². The van der Waals surface area contributed by atoms with Crippen molar-refractivity contribution in [1.82, 2.24) is 19.7 Å². The van der Waals surface area contributed by atoms with Gasteiger partial charge in [-0.05, 0) is 85.9 Å². The Bertz CT molecular complexity index is 1670. The molecule has 2 aliphatic rings. The molecule has 0 saturated heterocycles. The van der Waals surface area contributed by atoms with E-state index >= 15 is 0 Å². The summed E-state index contributed by atoms with van der Waals surface area (Å²) >= 11 is 0. The Morgan fingerprint density at radius 2 is 1.85 bits per heavy atom. The van der Waals surface area contributed by atoms with Crippen molar-refractivity contribution in [2.24, 2.45) is 0 Å². The Morgan fingerprint density at radius 1 is 0.950 bits per heavy atom. The fourth-order valence-electron chi connectivity index (χ4n) is 6.30. The molecule has 1 saturated carbocycles. The molecule has 0 bridgehead atoms. The number of aromatic nitrogens is 4. The lowest BCUT2D eigenvalue weighted by Crippen LogP contribution is -2.03. The second-order valence-electron chi connectivity index (χ2n) is 10.8. The van der Waals surface area contributed by atoms with Gasteiger partial charge in [-0.3, -0.25) is 9.67 Å². The van der Waals surface area contributed by atoms with Gasteiger partial charge in [-0.2, -0.15) is 5.10 Å². The summed E-state index contributed by atoms with van der Waals surface area (Å²) in [5.41, 5.74) is 10.8. The molecule has 0 aliphatic heterocycles. The van der Waals surface area contributed by atoms with Crippen molar-refractivity contribution >= 4 is 11.0 Å². The number of nitrogens with zero attached hydrogens (tertiary/aromatic N) is 4. The van der Waals surface area contributed by atoms with E-state index in [-0.39, 0.29) is 0 Å². The molecule has 6 heteroatoms. The molecule has 2 aromatic carbocycles. The summed E-state index contributed by atoms with van der Waals surface area (Å²) in [7, 11) is 3.41. The predicted molar refractivity (Wildman–Crippen MR) is 158 cm³/mol. The van der Waals surface area contributed by atoms with Gasteiger partial charge in [-0.1, -0.05) is 30.3 Å². The van der Waals surface area contributed by atoms with Crippen molar-refractivity contribution in [2.45, 2.75) is 51.0 Å². The average molecular weight is 530 g/mol. The van der Waals surface area contributed by atoms with Crippen molar-refractivity contribution in [3.05, 3.63) is 95.7 Å². The van der Waals surface area contributed by atoms with Crippen LogP contribution < -0.4 is 9.47 Å². The number of methoxy groups -OCH3 is 2. The maximum absolute atomic E-state index is 5.96. The van der Waals surface area contributed by atoms with Crippen LogP contribution in [0.25, 0.3) is 33.5 Å². The highest BCUT2D eigenvalue weighted by Gasteiger charge is 2.24. The molecule has 1 unspecified atom stereocenters. The van der Waals surface area contributed by atoms with E-state index in [1.54, 1.807) is 14.2 Å². The van der Waals surface area contributed by atoms with Crippen LogP contribution in [0.15, 0.2) is 66.9 Å². The van der Waals surface area contributed by atoms with Gasteiger partial charge in [0.15, 0.2) is 0 Å². The minimum Gasteiger partial charge on any atom is -0.497 e. The molecule has 1 radical (unpaired) electrons. The number of ether oxygens (including phenoxy) is 2. The van der Waals surface area contributed by atoms with Crippen molar-refractivity contribution in [3.63, 3.8) is 0 Å². The van der Waals surface area contributed by atoms with E-state index in [1.165, 1.54) is 30.4 Å². The first-order valence-electron chi connectivity index (χ1n) is 14.2. The van der Waals surface area contributed by atoms with Crippen molar-refractivity contribution < 1.29 is 9.47 Å². The molecule has 0 spiro atoms. The largest absolute Gasteiger partial charge is 0.497 e. The molecule has 7 rings (SSSR count). The molecule has 201 valence electrons. The predicted octanol–water partition coefficient (Wildman–Crippen LogP) is 7.19. The van der Waals surface area contributed by atoms with Gasteiger partial charge in [0, 0.05) is 35.0 Å². The molecular weight excluding hydrogens is 496 g/mol. The summed E-state index contributed by atoms with van der Waals surface area (Å²) in [5.74, 6) is 2.12. The van der Waals surface area contributed by atoms with Crippen molar-refractivity contribution in [3.8, 4) is 34.0 Å². The molecule has 2 aliphatic carbocycles. The first-order chi connectivity index (χ1) is 19.7. The Hall–Kier alpha value is -4.19. The molecule has 6 nitrogen and oxygen atoms in total. The first-order valence-corrected chi connectivity index (χ1v) is 14.2. The van der Waals surface area contributed by atoms with Crippen LogP contribution in [0.2, 0.25) is 0 Å². The number of rotatable bonds is 7. The van der Waals surface area contributed by atoms with Crippen LogP contribution in [0.1, 0.15) is 54.0 Å². The highest BCUT2D eigenvalue weighted by molar-refractivity contribution is 5.93. The molecule has 3 heterocycles. The lowest BCUT2D eigenvalue weighted by Gasteiger charge is -2.13. The fraction of sp³-hybridized carbons (Fsp3) is 0.294. The van der Waals surface area contributed by atoms with Crippen LogP contribution >= 0.6 is 0 Å². The lowest BCUT2D eigenvalue weighted by molar-refractivity contribution is 0.414. The summed E-state index contributed by atoms with van der Waals surface area (Å²) in [5, 5.41) is 5.13. The van der Waals surface area contributed by atoms with Gasteiger partial charge in [-0.15, -0.1) is 0 Å². The lowest BCUT2D eigenvalue weighted by atomic mass is 9.99. The van der Waals surface area contributed by atoms with Crippen LogP contribution in [-0.2, 0) is 19.4 Å². The van der Waals surface area contributed by atoms with Gasteiger partial charge in [0.1, 0.15) is 28.4 Å². The van der Waals surface area contributed by atoms with E-state index in [2.05, 4.69) is 55.0 Å². The maximum Gasteiger partial charge on any atom is 0.147 e. The fourth-order valence-corrected chi connectivity index (χ4v) is 6.30. The molecule has 1 fully saturated rings. The van der Waals surface area contributed by atoms with Crippen LogP contribution in [0.5, 0.6) is 11.5 Å². The number of pyridine rings is 2. The highest BCUT2D eigenvalue weighted by Crippen LogP contribution is 2.40. The van der Waals surface area contributed by atoms with E-state index in [4.69, 9.17) is 24.5 Å².